The predicted octanol–water partition coefficient (Wildman–Crippen LogP) is 1.05. The van der Waals surface area contributed by atoms with Crippen molar-refractivity contribution in [1.82, 2.24) is 15.6 Å². The van der Waals surface area contributed by atoms with Gasteiger partial charge in [-0.3, -0.25) is 14.4 Å². The Bertz CT molecular complexity index is 779. The third-order valence-electron chi connectivity index (χ3n) is 3.59. The third kappa shape index (κ3) is 3.85. The summed E-state index contributed by atoms with van der Waals surface area (Å²) in [6.45, 7) is -0.130. The van der Waals surface area contributed by atoms with E-state index in [-0.39, 0.29) is 24.1 Å². The van der Waals surface area contributed by atoms with E-state index in [0.29, 0.717) is 5.69 Å². The normalized spacial score (nSPS) is 13.4. The van der Waals surface area contributed by atoms with Crippen molar-refractivity contribution in [2.24, 2.45) is 0 Å². The Kier molecular flexibility index (Phi) is 4.23. The molecular weight excluding hydrogens is 294 g/mol. The summed E-state index contributed by atoms with van der Waals surface area (Å²) in [5, 5.41) is 5.23. The van der Waals surface area contributed by atoms with Crippen LogP contribution in [0.1, 0.15) is 23.2 Å². The maximum Gasteiger partial charge on any atom is 0.261 e. The molecule has 2 amide bonds. The van der Waals surface area contributed by atoms with Crippen LogP contribution in [0.4, 0.5) is 0 Å². The van der Waals surface area contributed by atoms with Crippen LogP contribution in [-0.2, 0) is 4.79 Å². The van der Waals surface area contributed by atoms with E-state index < -0.39 is 11.5 Å². The molecule has 23 heavy (non-hydrogen) atoms. The topological polar surface area (TPSA) is 91.1 Å². The zero-order valence-electron chi connectivity index (χ0n) is 12.5. The average Bonchev–Trinajstić information content (AvgIpc) is 3.37. The molecule has 0 saturated heterocycles. The first-order chi connectivity index (χ1) is 11.1. The second kappa shape index (κ2) is 6.48. The summed E-state index contributed by atoms with van der Waals surface area (Å²) in [7, 11) is 0. The van der Waals surface area contributed by atoms with Crippen LogP contribution < -0.4 is 16.2 Å². The molecule has 0 radical (unpaired) electrons. The van der Waals surface area contributed by atoms with E-state index >= 15 is 0 Å². The van der Waals surface area contributed by atoms with Crippen molar-refractivity contribution >= 4 is 11.8 Å². The predicted molar refractivity (Wildman–Crippen MR) is 86.0 cm³/mol. The Hall–Kier alpha value is -2.89. The van der Waals surface area contributed by atoms with E-state index in [1.165, 1.54) is 6.07 Å². The Balaban J connectivity index is 1.66. The molecule has 1 aromatic heterocycles. The largest absolute Gasteiger partial charge is 0.352 e. The molecule has 3 rings (SSSR count). The van der Waals surface area contributed by atoms with Gasteiger partial charge in [0.2, 0.25) is 5.91 Å². The molecule has 6 nitrogen and oxygen atoms in total. The Morgan fingerprint density at radius 1 is 1.09 bits per heavy atom. The van der Waals surface area contributed by atoms with Gasteiger partial charge in [0.1, 0.15) is 5.56 Å². The van der Waals surface area contributed by atoms with Gasteiger partial charge >= 0.3 is 0 Å². The van der Waals surface area contributed by atoms with Gasteiger partial charge in [0, 0.05) is 11.7 Å². The van der Waals surface area contributed by atoms with E-state index in [4.69, 9.17) is 0 Å². The third-order valence-corrected chi connectivity index (χ3v) is 3.59. The highest BCUT2D eigenvalue weighted by atomic mass is 16.2. The fourth-order valence-electron chi connectivity index (χ4n) is 2.20. The van der Waals surface area contributed by atoms with Gasteiger partial charge in [0.15, 0.2) is 0 Å². The number of nitrogens with one attached hydrogen (secondary N) is 3. The molecule has 1 aromatic carbocycles. The van der Waals surface area contributed by atoms with Gasteiger partial charge in [-0.1, -0.05) is 30.3 Å². The van der Waals surface area contributed by atoms with E-state index in [1.54, 1.807) is 6.07 Å². The van der Waals surface area contributed by atoms with Crippen LogP contribution in [0.15, 0.2) is 47.3 Å². The number of aromatic amines is 1. The number of carbonyl (C=O) groups is 2. The van der Waals surface area contributed by atoms with E-state index in [0.717, 1.165) is 18.4 Å². The molecule has 3 N–H and O–H groups in total. The lowest BCUT2D eigenvalue weighted by molar-refractivity contribution is -0.120. The summed E-state index contributed by atoms with van der Waals surface area (Å²) in [4.78, 5) is 38.3. The Morgan fingerprint density at radius 2 is 1.83 bits per heavy atom. The van der Waals surface area contributed by atoms with Crippen molar-refractivity contribution in [3.63, 3.8) is 0 Å². The minimum Gasteiger partial charge on any atom is -0.352 e. The van der Waals surface area contributed by atoms with Crippen LogP contribution in [-0.4, -0.2) is 29.4 Å². The second-order valence-electron chi connectivity index (χ2n) is 5.51. The first kappa shape index (κ1) is 15.0. The van der Waals surface area contributed by atoms with Gasteiger partial charge in [-0.15, -0.1) is 0 Å². The molecule has 1 fully saturated rings. The maximum absolute atomic E-state index is 12.1. The highest BCUT2D eigenvalue weighted by Crippen LogP contribution is 2.18. The quantitative estimate of drug-likeness (QED) is 0.771. The number of H-pyrrole nitrogens is 1. The minimum absolute atomic E-state index is 0.0103. The Morgan fingerprint density at radius 3 is 2.48 bits per heavy atom. The van der Waals surface area contributed by atoms with Crippen LogP contribution in [0, 0.1) is 0 Å². The first-order valence-electron chi connectivity index (χ1n) is 7.50. The fraction of sp³-hybridized carbons (Fsp3) is 0.235. The maximum atomic E-state index is 12.1. The molecule has 6 heteroatoms. The van der Waals surface area contributed by atoms with Gasteiger partial charge in [-0.05, 0) is 30.5 Å². The SMILES string of the molecule is O=C(CNC(=O)c1ccc(-c2ccccc2)[nH]c1=O)NC1CC1. The molecule has 0 unspecified atom stereocenters. The summed E-state index contributed by atoms with van der Waals surface area (Å²) >= 11 is 0. The lowest BCUT2D eigenvalue weighted by Crippen LogP contribution is -2.39. The van der Waals surface area contributed by atoms with Gasteiger partial charge in [-0.25, -0.2) is 0 Å². The van der Waals surface area contributed by atoms with Crippen LogP contribution in [0.2, 0.25) is 0 Å². The zero-order chi connectivity index (χ0) is 16.2. The molecule has 1 saturated carbocycles. The average molecular weight is 311 g/mol. The summed E-state index contributed by atoms with van der Waals surface area (Å²) in [6.07, 6.45) is 1.97. The number of hydrogen-bond donors (Lipinski definition) is 3. The molecule has 0 aliphatic heterocycles. The lowest BCUT2D eigenvalue weighted by atomic mass is 10.1. The smallest absolute Gasteiger partial charge is 0.261 e. The van der Waals surface area contributed by atoms with Crippen molar-refractivity contribution in [2.75, 3.05) is 6.54 Å². The number of benzene rings is 1. The van der Waals surface area contributed by atoms with Crippen molar-refractivity contribution in [1.29, 1.82) is 0 Å². The van der Waals surface area contributed by atoms with E-state index in [9.17, 15) is 14.4 Å². The summed E-state index contributed by atoms with van der Waals surface area (Å²) < 4.78 is 0. The standard InChI is InChI=1S/C17H17N3O3/c21-15(19-12-6-7-12)10-18-16(22)13-8-9-14(20-17(13)23)11-4-2-1-3-5-11/h1-5,8-9,12H,6-7,10H2,(H,18,22)(H,19,21)(H,20,23). The molecule has 1 aliphatic rings. The number of hydrogen-bond acceptors (Lipinski definition) is 3. The fourth-order valence-corrected chi connectivity index (χ4v) is 2.20. The number of carbonyl (C=O) groups excluding carboxylic acids is 2. The van der Waals surface area contributed by atoms with E-state index in [1.807, 2.05) is 30.3 Å². The van der Waals surface area contributed by atoms with Crippen molar-refractivity contribution in [3.8, 4) is 11.3 Å². The van der Waals surface area contributed by atoms with Crippen LogP contribution >= 0.6 is 0 Å². The molecule has 0 bridgehead atoms. The molecule has 2 aromatic rings. The monoisotopic (exact) mass is 311 g/mol. The van der Waals surface area contributed by atoms with Gasteiger partial charge < -0.3 is 15.6 Å². The highest BCUT2D eigenvalue weighted by molar-refractivity contribution is 5.96. The van der Waals surface area contributed by atoms with Crippen LogP contribution in [0.25, 0.3) is 11.3 Å². The molecule has 1 heterocycles. The lowest BCUT2D eigenvalue weighted by Gasteiger charge is -2.06. The van der Waals surface area contributed by atoms with Crippen molar-refractivity contribution in [2.45, 2.75) is 18.9 Å². The van der Waals surface area contributed by atoms with Crippen LogP contribution in [0.5, 0.6) is 0 Å². The Labute approximate surface area is 132 Å². The highest BCUT2D eigenvalue weighted by Gasteiger charge is 2.23. The second-order valence-corrected chi connectivity index (χ2v) is 5.51. The summed E-state index contributed by atoms with van der Waals surface area (Å²) in [5.41, 5.74) is 1.01. The van der Waals surface area contributed by atoms with Gasteiger partial charge in [0.25, 0.3) is 11.5 Å². The summed E-state index contributed by atoms with van der Waals surface area (Å²) in [5.74, 6) is -0.796. The number of rotatable bonds is 5. The minimum atomic E-state index is -0.559. The van der Waals surface area contributed by atoms with Crippen molar-refractivity contribution < 1.29 is 9.59 Å². The van der Waals surface area contributed by atoms with Crippen molar-refractivity contribution in [3.05, 3.63) is 58.4 Å². The number of aromatic nitrogens is 1. The van der Waals surface area contributed by atoms with Gasteiger partial charge in [-0.2, -0.15) is 0 Å². The number of amides is 2. The first-order valence-corrected chi connectivity index (χ1v) is 7.50. The molecule has 1 aliphatic carbocycles. The number of pyridine rings is 1. The molecular formula is C17H17N3O3. The van der Waals surface area contributed by atoms with Gasteiger partial charge in [0.05, 0.1) is 6.54 Å². The van der Waals surface area contributed by atoms with Crippen LogP contribution in [0.3, 0.4) is 0 Å². The molecule has 118 valence electrons. The molecule has 0 spiro atoms. The molecule has 0 atom stereocenters. The summed E-state index contributed by atoms with van der Waals surface area (Å²) in [6, 6.07) is 12.7. The zero-order valence-corrected chi connectivity index (χ0v) is 12.5. The van der Waals surface area contributed by atoms with E-state index in [2.05, 4.69) is 15.6 Å².